The zero-order valence-electron chi connectivity index (χ0n) is 12.7. The topological polar surface area (TPSA) is 0 Å². The van der Waals surface area contributed by atoms with Crippen molar-refractivity contribution in [2.75, 3.05) is 0 Å². The number of halogens is 1. The SMILES string of the molecule is CCCCc1ccccc1C1C=Cc2cc(Br)c(C)cc21. The van der Waals surface area contributed by atoms with E-state index in [1.165, 1.54) is 51.6 Å². The maximum absolute atomic E-state index is 3.64. The highest BCUT2D eigenvalue weighted by Crippen LogP contribution is 2.39. The van der Waals surface area contributed by atoms with E-state index in [1.807, 2.05) is 0 Å². The number of allylic oxidation sites excluding steroid dienone is 1. The van der Waals surface area contributed by atoms with Crippen LogP contribution in [0.2, 0.25) is 0 Å². The molecule has 0 N–H and O–H groups in total. The second kappa shape index (κ2) is 6.19. The van der Waals surface area contributed by atoms with Crippen molar-refractivity contribution < 1.29 is 0 Å². The molecule has 0 amide bonds. The number of aryl methyl sites for hydroxylation is 2. The van der Waals surface area contributed by atoms with Crippen LogP contribution < -0.4 is 0 Å². The Morgan fingerprint density at radius 1 is 1.10 bits per heavy atom. The first-order valence-corrected chi connectivity index (χ1v) is 8.56. The first kappa shape index (κ1) is 14.6. The maximum Gasteiger partial charge on any atom is 0.0281 e. The number of hydrogen-bond acceptors (Lipinski definition) is 0. The summed E-state index contributed by atoms with van der Waals surface area (Å²) in [4.78, 5) is 0. The summed E-state index contributed by atoms with van der Waals surface area (Å²) in [5.41, 5.74) is 7.08. The van der Waals surface area contributed by atoms with Crippen molar-refractivity contribution in [3.05, 3.63) is 74.8 Å². The Labute approximate surface area is 136 Å². The molecule has 21 heavy (non-hydrogen) atoms. The van der Waals surface area contributed by atoms with E-state index >= 15 is 0 Å². The molecule has 2 aromatic carbocycles. The lowest BCUT2D eigenvalue weighted by Crippen LogP contribution is -2.02. The third kappa shape index (κ3) is 2.85. The van der Waals surface area contributed by atoms with E-state index in [-0.39, 0.29) is 0 Å². The Morgan fingerprint density at radius 2 is 1.90 bits per heavy atom. The quantitative estimate of drug-likeness (QED) is 0.616. The highest BCUT2D eigenvalue weighted by Gasteiger charge is 2.21. The molecule has 0 saturated heterocycles. The van der Waals surface area contributed by atoms with Crippen molar-refractivity contribution in [2.45, 2.75) is 39.0 Å². The Balaban J connectivity index is 2.01. The largest absolute Gasteiger partial charge is 0.0720 e. The van der Waals surface area contributed by atoms with Gasteiger partial charge < -0.3 is 0 Å². The van der Waals surface area contributed by atoms with Crippen LogP contribution in [-0.4, -0.2) is 0 Å². The first-order valence-electron chi connectivity index (χ1n) is 7.76. The molecule has 0 bridgehead atoms. The molecule has 0 spiro atoms. The van der Waals surface area contributed by atoms with E-state index in [4.69, 9.17) is 0 Å². The van der Waals surface area contributed by atoms with Gasteiger partial charge >= 0.3 is 0 Å². The average Bonchev–Trinajstić information content (AvgIpc) is 2.88. The predicted molar refractivity (Wildman–Crippen MR) is 94.8 cm³/mol. The molecule has 0 heterocycles. The number of fused-ring (bicyclic) bond motifs is 1. The summed E-state index contributed by atoms with van der Waals surface area (Å²) in [5.74, 6) is 0.417. The smallest absolute Gasteiger partial charge is 0.0281 e. The fourth-order valence-corrected chi connectivity index (χ4v) is 3.50. The van der Waals surface area contributed by atoms with Gasteiger partial charge in [0, 0.05) is 10.4 Å². The van der Waals surface area contributed by atoms with Crippen LogP contribution in [0.25, 0.3) is 6.08 Å². The van der Waals surface area contributed by atoms with Crippen molar-refractivity contribution in [1.29, 1.82) is 0 Å². The Kier molecular flexibility index (Phi) is 4.30. The first-order chi connectivity index (χ1) is 10.2. The number of rotatable bonds is 4. The number of benzene rings is 2. The van der Waals surface area contributed by atoms with E-state index in [0.717, 1.165) is 0 Å². The molecule has 2 aromatic rings. The summed E-state index contributed by atoms with van der Waals surface area (Å²) in [6.45, 7) is 4.43. The Morgan fingerprint density at radius 3 is 2.71 bits per heavy atom. The Bertz CT molecular complexity index is 682. The molecule has 1 heteroatoms. The van der Waals surface area contributed by atoms with E-state index in [2.05, 4.69) is 78.3 Å². The molecule has 1 unspecified atom stereocenters. The summed E-state index contributed by atoms with van der Waals surface area (Å²) in [6.07, 6.45) is 8.31. The molecular weight excluding hydrogens is 320 g/mol. The summed E-state index contributed by atoms with van der Waals surface area (Å²) in [6, 6.07) is 13.5. The predicted octanol–water partition coefficient (Wildman–Crippen LogP) is 6.26. The fourth-order valence-electron chi connectivity index (χ4n) is 3.14. The van der Waals surface area contributed by atoms with Crippen molar-refractivity contribution in [1.82, 2.24) is 0 Å². The lowest BCUT2D eigenvalue weighted by molar-refractivity contribution is 0.784. The highest BCUT2D eigenvalue weighted by molar-refractivity contribution is 9.10. The van der Waals surface area contributed by atoms with Gasteiger partial charge in [-0.3, -0.25) is 0 Å². The van der Waals surface area contributed by atoms with E-state index < -0.39 is 0 Å². The van der Waals surface area contributed by atoms with Crippen LogP contribution in [0.5, 0.6) is 0 Å². The minimum atomic E-state index is 0.417. The standard InChI is InChI=1S/C20H21Br/c1-3-4-7-15-8-5-6-9-17(15)18-11-10-16-13-20(21)14(2)12-19(16)18/h5-6,8-13,18H,3-4,7H2,1-2H3. The van der Waals surface area contributed by atoms with Crippen LogP contribution in [0.1, 0.15) is 53.5 Å². The van der Waals surface area contributed by atoms with Crippen molar-refractivity contribution >= 4 is 22.0 Å². The molecule has 0 fully saturated rings. The zero-order valence-corrected chi connectivity index (χ0v) is 14.3. The van der Waals surface area contributed by atoms with Gasteiger partial charge in [-0.15, -0.1) is 0 Å². The number of hydrogen-bond donors (Lipinski definition) is 0. The maximum atomic E-state index is 3.64. The summed E-state index contributed by atoms with van der Waals surface area (Å²) in [7, 11) is 0. The van der Waals surface area contributed by atoms with E-state index in [9.17, 15) is 0 Å². The minimum Gasteiger partial charge on any atom is -0.0720 e. The van der Waals surface area contributed by atoms with Crippen molar-refractivity contribution in [3.63, 3.8) is 0 Å². The molecule has 0 aliphatic heterocycles. The lowest BCUT2D eigenvalue weighted by atomic mass is 9.87. The van der Waals surface area contributed by atoms with Gasteiger partial charge in [0.15, 0.2) is 0 Å². The van der Waals surface area contributed by atoms with Gasteiger partial charge in [0.2, 0.25) is 0 Å². The number of unbranched alkanes of at least 4 members (excludes halogenated alkanes) is 1. The molecule has 0 saturated carbocycles. The van der Waals surface area contributed by atoms with Gasteiger partial charge in [-0.2, -0.15) is 0 Å². The third-order valence-corrected chi connectivity index (χ3v) is 5.21. The Hall–Kier alpha value is -1.34. The van der Waals surface area contributed by atoms with E-state index in [0.29, 0.717) is 5.92 Å². The van der Waals surface area contributed by atoms with Gasteiger partial charge in [0.05, 0.1) is 0 Å². The van der Waals surface area contributed by atoms with Crippen LogP contribution >= 0.6 is 15.9 Å². The average molecular weight is 341 g/mol. The van der Waals surface area contributed by atoms with Gasteiger partial charge in [-0.25, -0.2) is 0 Å². The molecular formula is C20H21Br. The van der Waals surface area contributed by atoms with Crippen LogP contribution in [0.15, 0.2) is 46.9 Å². The molecule has 0 radical (unpaired) electrons. The van der Waals surface area contributed by atoms with Gasteiger partial charge in [0.25, 0.3) is 0 Å². The van der Waals surface area contributed by atoms with Gasteiger partial charge in [0.1, 0.15) is 0 Å². The summed E-state index contributed by atoms with van der Waals surface area (Å²) >= 11 is 3.64. The monoisotopic (exact) mass is 340 g/mol. The molecule has 108 valence electrons. The zero-order chi connectivity index (χ0) is 14.8. The summed E-state index contributed by atoms with van der Waals surface area (Å²) in [5, 5.41) is 0. The normalized spacial score (nSPS) is 16.2. The molecule has 3 rings (SSSR count). The van der Waals surface area contributed by atoms with E-state index in [1.54, 1.807) is 0 Å². The molecule has 1 aliphatic rings. The molecule has 1 aliphatic carbocycles. The second-order valence-corrected chi connectivity index (χ2v) is 6.72. The second-order valence-electron chi connectivity index (χ2n) is 5.87. The third-order valence-electron chi connectivity index (χ3n) is 4.36. The van der Waals surface area contributed by atoms with Crippen LogP contribution in [0.4, 0.5) is 0 Å². The fraction of sp³-hybridized carbons (Fsp3) is 0.300. The van der Waals surface area contributed by atoms with Gasteiger partial charge in [-0.1, -0.05) is 71.8 Å². The molecule has 0 aromatic heterocycles. The van der Waals surface area contributed by atoms with Gasteiger partial charge in [-0.05, 0) is 53.6 Å². The molecule has 0 nitrogen and oxygen atoms in total. The lowest BCUT2D eigenvalue weighted by Gasteiger charge is -2.17. The van der Waals surface area contributed by atoms with Crippen molar-refractivity contribution in [3.8, 4) is 0 Å². The van der Waals surface area contributed by atoms with Crippen molar-refractivity contribution in [2.24, 2.45) is 0 Å². The highest BCUT2D eigenvalue weighted by atomic mass is 79.9. The summed E-state index contributed by atoms with van der Waals surface area (Å²) < 4.78 is 1.20. The molecule has 1 atom stereocenters. The van der Waals surface area contributed by atoms with Crippen LogP contribution in [0.3, 0.4) is 0 Å². The van der Waals surface area contributed by atoms with Crippen LogP contribution in [-0.2, 0) is 6.42 Å². The minimum absolute atomic E-state index is 0.417. The van der Waals surface area contributed by atoms with Crippen LogP contribution in [0, 0.1) is 6.92 Å².